The van der Waals surface area contributed by atoms with E-state index in [1.165, 1.54) is 49.8 Å². The molecular formula is C17H28N2. The number of benzene rings is 1. The SMILES string of the molecule is Cc1ccccc1N(C)CCC1(CN)CCCCC1. The average molecular weight is 260 g/mol. The Kier molecular flexibility index (Phi) is 4.87. The van der Waals surface area contributed by atoms with Gasteiger partial charge < -0.3 is 10.6 Å². The highest BCUT2D eigenvalue weighted by Crippen LogP contribution is 2.38. The molecule has 1 aliphatic rings. The van der Waals surface area contributed by atoms with Gasteiger partial charge in [0.2, 0.25) is 0 Å². The first-order chi connectivity index (χ1) is 9.17. The predicted octanol–water partition coefficient (Wildman–Crippen LogP) is 3.73. The van der Waals surface area contributed by atoms with Crippen LogP contribution in [0.2, 0.25) is 0 Å². The minimum absolute atomic E-state index is 0.412. The van der Waals surface area contributed by atoms with Crippen molar-refractivity contribution in [1.82, 2.24) is 0 Å². The van der Waals surface area contributed by atoms with E-state index in [0.29, 0.717) is 5.41 Å². The van der Waals surface area contributed by atoms with Gasteiger partial charge in [0.1, 0.15) is 0 Å². The van der Waals surface area contributed by atoms with Crippen molar-refractivity contribution in [2.24, 2.45) is 11.1 Å². The van der Waals surface area contributed by atoms with E-state index in [0.717, 1.165) is 13.1 Å². The van der Waals surface area contributed by atoms with Gasteiger partial charge in [-0.2, -0.15) is 0 Å². The highest BCUT2D eigenvalue weighted by molar-refractivity contribution is 5.52. The van der Waals surface area contributed by atoms with E-state index in [1.54, 1.807) is 0 Å². The number of rotatable bonds is 5. The molecule has 0 heterocycles. The number of hydrogen-bond donors (Lipinski definition) is 1. The zero-order valence-corrected chi connectivity index (χ0v) is 12.5. The maximum absolute atomic E-state index is 6.07. The molecule has 0 aromatic heterocycles. The number of aryl methyl sites for hydroxylation is 1. The van der Waals surface area contributed by atoms with E-state index >= 15 is 0 Å². The van der Waals surface area contributed by atoms with Crippen LogP contribution in [-0.4, -0.2) is 20.1 Å². The second-order valence-corrected chi connectivity index (χ2v) is 6.22. The Morgan fingerprint density at radius 3 is 2.47 bits per heavy atom. The third kappa shape index (κ3) is 3.50. The van der Waals surface area contributed by atoms with Gasteiger partial charge in [-0.1, -0.05) is 37.5 Å². The summed E-state index contributed by atoms with van der Waals surface area (Å²) in [4.78, 5) is 2.39. The van der Waals surface area contributed by atoms with E-state index in [4.69, 9.17) is 5.73 Å². The first kappa shape index (κ1) is 14.4. The molecule has 1 saturated carbocycles. The molecule has 2 rings (SSSR count). The maximum atomic E-state index is 6.07. The van der Waals surface area contributed by atoms with Gasteiger partial charge in [-0.05, 0) is 49.8 Å². The first-order valence-electron chi connectivity index (χ1n) is 7.64. The molecule has 0 aliphatic heterocycles. The van der Waals surface area contributed by atoms with E-state index in [2.05, 4.69) is 43.1 Å². The maximum Gasteiger partial charge on any atom is 0.0393 e. The van der Waals surface area contributed by atoms with Gasteiger partial charge in [0.25, 0.3) is 0 Å². The largest absolute Gasteiger partial charge is 0.374 e. The third-order valence-corrected chi connectivity index (χ3v) is 4.85. The molecular weight excluding hydrogens is 232 g/mol. The van der Waals surface area contributed by atoms with Gasteiger partial charge in [0, 0.05) is 19.3 Å². The topological polar surface area (TPSA) is 29.3 Å². The molecule has 0 unspecified atom stereocenters. The highest BCUT2D eigenvalue weighted by atomic mass is 15.1. The number of para-hydroxylation sites is 1. The quantitative estimate of drug-likeness (QED) is 0.874. The van der Waals surface area contributed by atoms with E-state index in [-0.39, 0.29) is 0 Å². The van der Waals surface area contributed by atoms with Crippen LogP contribution in [0.4, 0.5) is 5.69 Å². The zero-order chi connectivity index (χ0) is 13.7. The lowest BCUT2D eigenvalue weighted by Crippen LogP contribution is -2.36. The summed E-state index contributed by atoms with van der Waals surface area (Å²) >= 11 is 0. The Hall–Kier alpha value is -1.02. The summed E-state index contributed by atoms with van der Waals surface area (Å²) in [6.07, 6.45) is 8.01. The molecule has 2 nitrogen and oxygen atoms in total. The molecule has 0 spiro atoms. The summed E-state index contributed by atoms with van der Waals surface area (Å²) in [7, 11) is 2.20. The van der Waals surface area contributed by atoms with Crippen molar-refractivity contribution in [3.05, 3.63) is 29.8 Å². The Morgan fingerprint density at radius 1 is 1.16 bits per heavy atom. The Balaban J connectivity index is 1.95. The molecule has 2 N–H and O–H groups in total. The minimum Gasteiger partial charge on any atom is -0.374 e. The van der Waals surface area contributed by atoms with Gasteiger partial charge in [-0.15, -0.1) is 0 Å². The van der Waals surface area contributed by atoms with Crippen molar-refractivity contribution < 1.29 is 0 Å². The lowest BCUT2D eigenvalue weighted by molar-refractivity contribution is 0.185. The van der Waals surface area contributed by atoms with Crippen LogP contribution >= 0.6 is 0 Å². The summed E-state index contributed by atoms with van der Waals surface area (Å²) in [6.45, 7) is 4.15. The second kappa shape index (κ2) is 6.42. The zero-order valence-electron chi connectivity index (χ0n) is 12.5. The van der Waals surface area contributed by atoms with Crippen LogP contribution < -0.4 is 10.6 Å². The number of anilines is 1. The van der Waals surface area contributed by atoms with Crippen molar-refractivity contribution in [1.29, 1.82) is 0 Å². The molecule has 2 heteroatoms. The molecule has 0 bridgehead atoms. The Bertz CT molecular complexity index is 394. The van der Waals surface area contributed by atoms with Crippen LogP contribution in [0.3, 0.4) is 0 Å². The Morgan fingerprint density at radius 2 is 1.84 bits per heavy atom. The molecule has 0 radical (unpaired) electrons. The van der Waals surface area contributed by atoms with Crippen LogP contribution in [0.5, 0.6) is 0 Å². The predicted molar refractivity (Wildman–Crippen MR) is 83.6 cm³/mol. The summed E-state index contributed by atoms with van der Waals surface area (Å²) in [5, 5.41) is 0. The van der Waals surface area contributed by atoms with Gasteiger partial charge in [0.05, 0.1) is 0 Å². The van der Waals surface area contributed by atoms with Crippen LogP contribution in [0.1, 0.15) is 44.1 Å². The van der Waals surface area contributed by atoms with Crippen molar-refractivity contribution in [3.63, 3.8) is 0 Å². The van der Waals surface area contributed by atoms with E-state index in [1.807, 2.05) is 0 Å². The summed E-state index contributed by atoms with van der Waals surface area (Å²) in [5.41, 5.74) is 9.20. The van der Waals surface area contributed by atoms with Crippen LogP contribution in [0, 0.1) is 12.3 Å². The molecule has 0 amide bonds. The second-order valence-electron chi connectivity index (χ2n) is 6.22. The van der Waals surface area contributed by atoms with Gasteiger partial charge in [-0.3, -0.25) is 0 Å². The Labute approximate surface area is 118 Å². The molecule has 1 aromatic carbocycles. The van der Waals surface area contributed by atoms with Crippen molar-refractivity contribution in [2.75, 3.05) is 25.0 Å². The van der Waals surface area contributed by atoms with Crippen LogP contribution in [0.25, 0.3) is 0 Å². The first-order valence-corrected chi connectivity index (χ1v) is 7.64. The fraction of sp³-hybridized carbons (Fsp3) is 0.647. The molecule has 106 valence electrons. The minimum atomic E-state index is 0.412. The normalized spacial score (nSPS) is 18.3. The van der Waals surface area contributed by atoms with E-state index < -0.39 is 0 Å². The molecule has 0 saturated heterocycles. The summed E-state index contributed by atoms with van der Waals surface area (Å²) in [6, 6.07) is 8.63. The number of nitrogens with zero attached hydrogens (tertiary/aromatic N) is 1. The van der Waals surface area contributed by atoms with Gasteiger partial charge in [0.15, 0.2) is 0 Å². The standard InChI is InChI=1S/C17H28N2/c1-15-8-4-5-9-16(15)19(2)13-12-17(14-18)10-6-3-7-11-17/h4-5,8-9H,3,6-7,10-14,18H2,1-2H3. The molecule has 1 fully saturated rings. The highest BCUT2D eigenvalue weighted by Gasteiger charge is 2.30. The lowest BCUT2D eigenvalue weighted by Gasteiger charge is -2.38. The van der Waals surface area contributed by atoms with Crippen molar-refractivity contribution in [3.8, 4) is 0 Å². The summed E-state index contributed by atoms with van der Waals surface area (Å²) in [5.74, 6) is 0. The molecule has 19 heavy (non-hydrogen) atoms. The van der Waals surface area contributed by atoms with Gasteiger partial charge in [-0.25, -0.2) is 0 Å². The van der Waals surface area contributed by atoms with Crippen LogP contribution in [0.15, 0.2) is 24.3 Å². The third-order valence-electron chi connectivity index (χ3n) is 4.85. The molecule has 1 aliphatic carbocycles. The lowest BCUT2D eigenvalue weighted by atomic mass is 9.72. The van der Waals surface area contributed by atoms with Crippen molar-refractivity contribution in [2.45, 2.75) is 45.4 Å². The monoisotopic (exact) mass is 260 g/mol. The van der Waals surface area contributed by atoms with Crippen molar-refractivity contribution >= 4 is 5.69 Å². The number of nitrogens with two attached hydrogens (primary N) is 1. The molecule has 1 aromatic rings. The fourth-order valence-corrected chi connectivity index (χ4v) is 3.38. The number of hydrogen-bond acceptors (Lipinski definition) is 2. The van der Waals surface area contributed by atoms with Crippen LogP contribution in [-0.2, 0) is 0 Å². The smallest absolute Gasteiger partial charge is 0.0393 e. The van der Waals surface area contributed by atoms with Gasteiger partial charge >= 0.3 is 0 Å². The average Bonchev–Trinajstić information content (AvgIpc) is 2.46. The summed E-state index contributed by atoms with van der Waals surface area (Å²) < 4.78 is 0. The fourth-order valence-electron chi connectivity index (χ4n) is 3.38. The molecule has 0 atom stereocenters. The van der Waals surface area contributed by atoms with E-state index in [9.17, 15) is 0 Å².